The molecule has 0 aromatic rings. The van der Waals surface area contributed by atoms with Crippen LogP contribution in [0.25, 0.3) is 0 Å². The van der Waals surface area contributed by atoms with Crippen LogP contribution in [0.1, 0.15) is 19.3 Å². The summed E-state index contributed by atoms with van der Waals surface area (Å²) in [5.74, 6) is 2.91. The lowest BCUT2D eigenvalue weighted by Gasteiger charge is -2.37. The van der Waals surface area contributed by atoms with Crippen molar-refractivity contribution in [3.63, 3.8) is 0 Å². The molecule has 3 aliphatic heterocycles. The molecular formula is C13H25N3. The van der Waals surface area contributed by atoms with E-state index in [2.05, 4.69) is 15.5 Å². The highest BCUT2D eigenvalue weighted by Crippen LogP contribution is 2.27. The van der Waals surface area contributed by atoms with Crippen molar-refractivity contribution in [2.24, 2.45) is 17.8 Å². The van der Waals surface area contributed by atoms with Crippen molar-refractivity contribution in [2.45, 2.75) is 19.3 Å². The van der Waals surface area contributed by atoms with Gasteiger partial charge in [-0.1, -0.05) is 0 Å². The maximum Gasteiger partial charge on any atom is 0.00251 e. The Labute approximate surface area is 99.0 Å². The van der Waals surface area contributed by atoms with E-state index >= 15 is 0 Å². The van der Waals surface area contributed by atoms with Gasteiger partial charge in [-0.05, 0) is 69.7 Å². The van der Waals surface area contributed by atoms with E-state index < -0.39 is 0 Å². The molecule has 0 spiro atoms. The molecule has 2 atom stereocenters. The van der Waals surface area contributed by atoms with Crippen LogP contribution < -0.4 is 10.6 Å². The zero-order valence-electron chi connectivity index (χ0n) is 10.3. The lowest BCUT2D eigenvalue weighted by Crippen LogP contribution is -2.43. The van der Waals surface area contributed by atoms with Crippen LogP contribution in [0.2, 0.25) is 0 Å². The van der Waals surface area contributed by atoms with E-state index in [0.29, 0.717) is 0 Å². The maximum absolute atomic E-state index is 3.55. The number of likely N-dealkylation sites (tertiary alicyclic amines) is 1. The Hall–Kier alpha value is -0.120. The molecule has 3 nitrogen and oxygen atoms in total. The van der Waals surface area contributed by atoms with Crippen LogP contribution in [0.5, 0.6) is 0 Å². The van der Waals surface area contributed by atoms with Crippen molar-refractivity contribution in [3.05, 3.63) is 0 Å². The quantitative estimate of drug-likeness (QED) is 0.715. The lowest BCUT2D eigenvalue weighted by atomic mass is 9.87. The molecule has 3 heterocycles. The molecule has 0 aromatic carbocycles. The zero-order valence-corrected chi connectivity index (χ0v) is 10.3. The molecule has 2 N–H and O–H groups in total. The van der Waals surface area contributed by atoms with Gasteiger partial charge in [-0.3, -0.25) is 0 Å². The van der Waals surface area contributed by atoms with Crippen molar-refractivity contribution < 1.29 is 0 Å². The second-order valence-electron chi connectivity index (χ2n) is 5.92. The van der Waals surface area contributed by atoms with Crippen LogP contribution in [0.15, 0.2) is 0 Å². The maximum atomic E-state index is 3.55. The Morgan fingerprint density at radius 3 is 2.62 bits per heavy atom. The van der Waals surface area contributed by atoms with Gasteiger partial charge in [0.05, 0.1) is 0 Å². The van der Waals surface area contributed by atoms with E-state index in [1.54, 1.807) is 0 Å². The zero-order chi connectivity index (χ0) is 10.8. The minimum Gasteiger partial charge on any atom is -0.317 e. The van der Waals surface area contributed by atoms with Crippen LogP contribution in [-0.2, 0) is 0 Å². The average molecular weight is 223 g/mol. The molecule has 0 radical (unpaired) electrons. The molecule has 0 unspecified atom stereocenters. The number of rotatable bonds is 2. The largest absolute Gasteiger partial charge is 0.317 e. The first-order valence-electron chi connectivity index (χ1n) is 7.05. The summed E-state index contributed by atoms with van der Waals surface area (Å²) >= 11 is 0. The molecule has 3 aliphatic rings. The Morgan fingerprint density at radius 2 is 1.75 bits per heavy atom. The van der Waals surface area contributed by atoms with Gasteiger partial charge >= 0.3 is 0 Å². The SMILES string of the molecule is C1CC(CN2CC[C@@H]3CNC[C@@H]3C2)CCN1. The highest BCUT2D eigenvalue weighted by Gasteiger charge is 2.33. The van der Waals surface area contributed by atoms with Crippen molar-refractivity contribution in [3.8, 4) is 0 Å². The third-order valence-electron chi connectivity index (χ3n) is 4.76. The number of nitrogens with one attached hydrogen (secondary N) is 2. The summed E-state index contributed by atoms with van der Waals surface area (Å²) in [6.45, 7) is 9.12. The van der Waals surface area contributed by atoms with Crippen molar-refractivity contribution >= 4 is 0 Å². The fraction of sp³-hybridized carbons (Fsp3) is 1.00. The lowest BCUT2D eigenvalue weighted by molar-refractivity contribution is 0.121. The van der Waals surface area contributed by atoms with E-state index in [0.717, 1.165) is 17.8 Å². The third-order valence-corrected chi connectivity index (χ3v) is 4.76. The molecule has 0 aliphatic carbocycles. The van der Waals surface area contributed by atoms with Gasteiger partial charge in [0.1, 0.15) is 0 Å². The summed E-state index contributed by atoms with van der Waals surface area (Å²) < 4.78 is 0. The number of hydrogen-bond acceptors (Lipinski definition) is 3. The predicted octanol–water partition coefficient (Wildman–Crippen LogP) is 0.527. The number of nitrogens with zero attached hydrogens (tertiary/aromatic N) is 1. The molecule has 3 heteroatoms. The van der Waals surface area contributed by atoms with Gasteiger partial charge in [0, 0.05) is 13.1 Å². The molecule has 0 saturated carbocycles. The fourth-order valence-electron chi connectivity index (χ4n) is 3.71. The van der Waals surface area contributed by atoms with Crippen LogP contribution in [0.4, 0.5) is 0 Å². The smallest absolute Gasteiger partial charge is 0.00251 e. The van der Waals surface area contributed by atoms with E-state index in [9.17, 15) is 0 Å². The van der Waals surface area contributed by atoms with Crippen LogP contribution in [0.3, 0.4) is 0 Å². The Morgan fingerprint density at radius 1 is 0.938 bits per heavy atom. The Balaban J connectivity index is 1.48. The van der Waals surface area contributed by atoms with Gasteiger partial charge in [-0.15, -0.1) is 0 Å². The molecule has 3 saturated heterocycles. The van der Waals surface area contributed by atoms with E-state index in [4.69, 9.17) is 0 Å². The Bertz CT molecular complexity index is 225. The third kappa shape index (κ3) is 2.41. The standard InChI is InChI=1S/C13H25N3/c1-4-14-5-2-11(1)9-16-6-3-12-7-15-8-13(12)10-16/h11-15H,1-10H2/t12-,13-/m1/s1. The van der Waals surface area contributed by atoms with E-state index in [1.807, 2.05) is 0 Å². The number of hydrogen-bond donors (Lipinski definition) is 2. The first-order valence-corrected chi connectivity index (χ1v) is 7.05. The molecule has 92 valence electrons. The van der Waals surface area contributed by atoms with E-state index in [1.165, 1.54) is 65.1 Å². The average Bonchev–Trinajstić information content (AvgIpc) is 2.77. The van der Waals surface area contributed by atoms with Gasteiger partial charge in [0.2, 0.25) is 0 Å². The molecule has 3 rings (SSSR count). The van der Waals surface area contributed by atoms with Gasteiger partial charge in [0.15, 0.2) is 0 Å². The monoisotopic (exact) mass is 223 g/mol. The predicted molar refractivity (Wildman–Crippen MR) is 66.5 cm³/mol. The summed E-state index contributed by atoms with van der Waals surface area (Å²) in [6, 6.07) is 0. The molecule has 16 heavy (non-hydrogen) atoms. The highest BCUT2D eigenvalue weighted by molar-refractivity contribution is 4.88. The second kappa shape index (κ2) is 5.03. The van der Waals surface area contributed by atoms with Crippen LogP contribution >= 0.6 is 0 Å². The van der Waals surface area contributed by atoms with Crippen molar-refractivity contribution in [1.29, 1.82) is 0 Å². The normalized spacial score (nSPS) is 37.5. The van der Waals surface area contributed by atoms with Crippen molar-refractivity contribution in [2.75, 3.05) is 45.8 Å². The Kier molecular flexibility index (Phi) is 3.46. The second-order valence-corrected chi connectivity index (χ2v) is 5.92. The molecule has 0 aromatic heterocycles. The van der Waals surface area contributed by atoms with Crippen molar-refractivity contribution in [1.82, 2.24) is 15.5 Å². The molecule has 3 fully saturated rings. The topological polar surface area (TPSA) is 27.3 Å². The number of piperidine rings is 2. The minimum atomic E-state index is 0.954. The summed E-state index contributed by atoms with van der Waals surface area (Å²) in [5, 5.41) is 7.01. The molecule has 0 amide bonds. The summed E-state index contributed by atoms with van der Waals surface area (Å²) in [5.41, 5.74) is 0. The summed E-state index contributed by atoms with van der Waals surface area (Å²) in [6.07, 6.45) is 4.22. The van der Waals surface area contributed by atoms with Gasteiger partial charge < -0.3 is 15.5 Å². The first-order chi connectivity index (χ1) is 7.92. The summed E-state index contributed by atoms with van der Waals surface area (Å²) in [4.78, 5) is 2.74. The summed E-state index contributed by atoms with van der Waals surface area (Å²) in [7, 11) is 0. The van der Waals surface area contributed by atoms with Gasteiger partial charge in [0.25, 0.3) is 0 Å². The fourth-order valence-corrected chi connectivity index (χ4v) is 3.71. The van der Waals surface area contributed by atoms with Gasteiger partial charge in [-0.2, -0.15) is 0 Å². The van der Waals surface area contributed by atoms with Gasteiger partial charge in [-0.25, -0.2) is 0 Å². The van der Waals surface area contributed by atoms with Crippen LogP contribution in [-0.4, -0.2) is 50.7 Å². The number of fused-ring (bicyclic) bond motifs is 1. The highest BCUT2D eigenvalue weighted by atomic mass is 15.2. The molecular weight excluding hydrogens is 198 g/mol. The minimum absolute atomic E-state index is 0.954. The molecule has 0 bridgehead atoms. The van der Waals surface area contributed by atoms with Crippen LogP contribution in [0, 0.1) is 17.8 Å². The first kappa shape index (κ1) is 11.0. The van der Waals surface area contributed by atoms with E-state index in [-0.39, 0.29) is 0 Å².